The summed E-state index contributed by atoms with van der Waals surface area (Å²) in [6, 6.07) is 8.56. The number of para-hydroxylation sites is 1. The monoisotopic (exact) mass is 304 g/mol. The lowest BCUT2D eigenvalue weighted by atomic mass is 10.0. The summed E-state index contributed by atoms with van der Waals surface area (Å²) >= 11 is 0. The molecule has 2 unspecified atom stereocenters. The molecule has 0 spiro atoms. The first-order valence-corrected chi connectivity index (χ1v) is 7.91. The Morgan fingerprint density at radius 1 is 1.41 bits per heavy atom. The molecule has 1 aromatic rings. The largest absolute Gasteiger partial charge is 0.381 e. The van der Waals surface area contributed by atoms with Crippen LogP contribution in [0.1, 0.15) is 32.6 Å². The summed E-state index contributed by atoms with van der Waals surface area (Å²) < 4.78 is 0. The third kappa shape index (κ3) is 4.31. The molecule has 22 heavy (non-hydrogen) atoms. The van der Waals surface area contributed by atoms with Gasteiger partial charge in [0.05, 0.1) is 6.04 Å². The van der Waals surface area contributed by atoms with E-state index < -0.39 is 18.1 Å². The average Bonchev–Trinajstić information content (AvgIpc) is 3.37. The van der Waals surface area contributed by atoms with Crippen molar-refractivity contribution in [2.45, 2.75) is 44.8 Å². The van der Waals surface area contributed by atoms with E-state index in [1.165, 1.54) is 4.90 Å². The van der Waals surface area contributed by atoms with Gasteiger partial charge in [-0.25, -0.2) is 0 Å². The summed E-state index contributed by atoms with van der Waals surface area (Å²) in [5.41, 5.74) is 0.685. The van der Waals surface area contributed by atoms with Gasteiger partial charge >= 0.3 is 0 Å². The number of carbonyl (C=O) groups is 2. The van der Waals surface area contributed by atoms with Crippen LogP contribution >= 0.6 is 0 Å². The van der Waals surface area contributed by atoms with E-state index in [0.29, 0.717) is 31.0 Å². The highest BCUT2D eigenvalue weighted by Crippen LogP contribution is 2.27. The minimum atomic E-state index is -1.22. The number of nitrogens with one attached hydrogen (secondary N) is 1. The molecule has 0 aromatic heterocycles. The van der Waals surface area contributed by atoms with Crippen LogP contribution in [0.25, 0.3) is 0 Å². The number of carbonyl (C=O) groups excluding carboxylic acids is 2. The summed E-state index contributed by atoms with van der Waals surface area (Å²) in [5, 5.41) is 13.2. The van der Waals surface area contributed by atoms with Crippen LogP contribution in [-0.4, -0.2) is 36.1 Å². The Balaban J connectivity index is 2.08. The Hall–Kier alpha value is -1.88. The zero-order chi connectivity index (χ0) is 15.9. The van der Waals surface area contributed by atoms with Gasteiger partial charge in [0, 0.05) is 12.2 Å². The van der Waals surface area contributed by atoms with Crippen molar-refractivity contribution in [1.82, 2.24) is 5.32 Å². The van der Waals surface area contributed by atoms with Gasteiger partial charge in [0.2, 0.25) is 6.41 Å². The maximum atomic E-state index is 12.1. The zero-order valence-corrected chi connectivity index (χ0v) is 12.9. The number of hydrogen-bond donors (Lipinski definition) is 2. The van der Waals surface area contributed by atoms with E-state index >= 15 is 0 Å². The summed E-state index contributed by atoms with van der Waals surface area (Å²) in [4.78, 5) is 25.1. The Labute approximate surface area is 131 Å². The molecule has 5 heteroatoms. The van der Waals surface area contributed by atoms with Gasteiger partial charge in [-0.05, 0) is 37.3 Å². The van der Waals surface area contributed by atoms with Crippen molar-refractivity contribution < 1.29 is 14.7 Å². The van der Waals surface area contributed by atoms with Gasteiger partial charge in [-0.1, -0.05) is 31.5 Å². The predicted octanol–water partition coefficient (Wildman–Crippen LogP) is 1.71. The number of aliphatic hydroxyl groups excluding tert-OH is 1. The second-order valence-corrected chi connectivity index (χ2v) is 5.84. The van der Waals surface area contributed by atoms with Crippen LogP contribution in [0.15, 0.2) is 30.3 Å². The van der Waals surface area contributed by atoms with E-state index in [9.17, 15) is 14.7 Å². The van der Waals surface area contributed by atoms with E-state index in [-0.39, 0.29) is 0 Å². The van der Waals surface area contributed by atoms with Gasteiger partial charge in [-0.3, -0.25) is 9.59 Å². The first-order valence-electron chi connectivity index (χ1n) is 7.91. The molecule has 0 saturated heterocycles. The summed E-state index contributed by atoms with van der Waals surface area (Å²) in [6.07, 6.45) is 3.08. The Morgan fingerprint density at radius 2 is 2.09 bits per heavy atom. The molecule has 1 aliphatic carbocycles. The van der Waals surface area contributed by atoms with Gasteiger partial charge in [-0.2, -0.15) is 0 Å². The van der Waals surface area contributed by atoms with Crippen LogP contribution in [0.5, 0.6) is 0 Å². The Bertz CT molecular complexity index is 488. The van der Waals surface area contributed by atoms with E-state index in [1.807, 2.05) is 25.1 Å². The first kappa shape index (κ1) is 16.5. The second-order valence-electron chi connectivity index (χ2n) is 5.84. The molecule has 1 fully saturated rings. The lowest BCUT2D eigenvalue weighted by Gasteiger charge is -2.31. The standard InChI is InChI=1S/C17H24N2O3/c1-2-6-15(16(21)17(22)18-11-13-9-10-13)19(12-20)14-7-4-3-5-8-14/h3-5,7-8,12-13,15-16,21H,2,6,9-11H2,1H3,(H,18,22). The molecule has 0 bridgehead atoms. The SMILES string of the molecule is CCCC(C(O)C(=O)NCC1CC1)N(C=O)c1ccccc1. The second kappa shape index (κ2) is 7.94. The number of rotatable bonds is 9. The smallest absolute Gasteiger partial charge is 0.251 e. The van der Waals surface area contributed by atoms with Crippen molar-refractivity contribution in [3.63, 3.8) is 0 Å². The molecule has 2 atom stereocenters. The fraction of sp³-hybridized carbons (Fsp3) is 0.529. The molecule has 0 radical (unpaired) electrons. The number of aliphatic hydroxyl groups is 1. The van der Waals surface area contributed by atoms with Gasteiger partial charge < -0.3 is 15.3 Å². The van der Waals surface area contributed by atoms with E-state index in [1.54, 1.807) is 12.1 Å². The zero-order valence-electron chi connectivity index (χ0n) is 12.9. The molecular weight excluding hydrogens is 280 g/mol. The summed E-state index contributed by atoms with van der Waals surface area (Å²) in [7, 11) is 0. The lowest BCUT2D eigenvalue weighted by molar-refractivity contribution is -0.130. The number of hydrogen-bond acceptors (Lipinski definition) is 3. The van der Waals surface area contributed by atoms with Crippen LogP contribution in [0.3, 0.4) is 0 Å². The van der Waals surface area contributed by atoms with Crippen molar-refractivity contribution >= 4 is 18.0 Å². The average molecular weight is 304 g/mol. The van der Waals surface area contributed by atoms with Crippen molar-refractivity contribution in [3.05, 3.63) is 30.3 Å². The van der Waals surface area contributed by atoms with Gasteiger partial charge in [-0.15, -0.1) is 0 Å². The highest BCUT2D eigenvalue weighted by molar-refractivity contribution is 5.85. The van der Waals surface area contributed by atoms with Crippen LogP contribution in [-0.2, 0) is 9.59 Å². The van der Waals surface area contributed by atoms with Crippen LogP contribution in [0, 0.1) is 5.92 Å². The molecule has 1 saturated carbocycles. The van der Waals surface area contributed by atoms with Gasteiger partial charge in [0.15, 0.2) is 6.10 Å². The van der Waals surface area contributed by atoms with Crippen LogP contribution in [0.2, 0.25) is 0 Å². The third-order valence-electron chi connectivity index (χ3n) is 4.00. The number of nitrogens with zero attached hydrogens (tertiary/aromatic N) is 1. The normalized spacial score (nSPS) is 16.6. The molecule has 2 rings (SSSR count). The van der Waals surface area contributed by atoms with Gasteiger partial charge in [0.1, 0.15) is 0 Å². The third-order valence-corrected chi connectivity index (χ3v) is 4.00. The fourth-order valence-electron chi connectivity index (χ4n) is 2.52. The molecule has 1 aromatic carbocycles. The molecule has 120 valence electrons. The summed E-state index contributed by atoms with van der Waals surface area (Å²) in [6.45, 7) is 2.58. The maximum absolute atomic E-state index is 12.1. The predicted molar refractivity (Wildman–Crippen MR) is 85.4 cm³/mol. The van der Waals surface area contributed by atoms with Crippen molar-refractivity contribution in [1.29, 1.82) is 0 Å². The van der Waals surface area contributed by atoms with Crippen molar-refractivity contribution in [2.75, 3.05) is 11.4 Å². The van der Waals surface area contributed by atoms with Crippen molar-refractivity contribution in [2.24, 2.45) is 5.92 Å². The maximum Gasteiger partial charge on any atom is 0.251 e. The highest BCUT2D eigenvalue weighted by atomic mass is 16.3. The minimum absolute atomic E-state index is 0.395. The molecular formula is C17H24N2O3. The quantitative estimate of drug-likeness (QED) is 0.682. The summed E-state index contributed by atoms with van der Waals surface area (Å²) in [5.74, 6) is 0.158. The molecule has 2 N–H and O–H groups in total. The minimum Gasteiger partial charge on any atom is -0.381 e. The Kier molecular flexibility index (Phi) is 5.95. The highest BCUT2D eigenvalue weighted by Gasteiger charge is 2.32. The molecule has 0 heterocycles. The lowest BCUT2D eigenvalue weighted by Crippen LogP contribution is -2.51. The molecule has 2 amide bonds. The fourth-order valence-corrected chi connectivity index (χ4v) is 2.52. The Morgan fingerprint density at radius 3 is 2.64 bits per heavy atom. The first-order chi connectivity index (χ1) is 10.7. The van der Waals surface area contributed by atoms with E-state index in [2.05, 4.69) is 5.32 Å². The van der Waals surface area contributed by atoms with E-state index in [4.69, 9.17) is 0 Å². The van der Waals surface area contributed by atoms with Crippen molar-refractivity contribution in [3.8, 4) is 0 Å². The number of anilines is 1. The van der Waals surface area contributed by atoms with Gasteiger partial charge in [0.25, 0.3) is 5.91 Å². The number of benzene rings is 1. The molecule has 1 aliphatic rings. The van der Waals surface area contributed by atoms with E-state index in [0.717, 1.165) is 19.3 Å². The van der Waals surface area contributed by atoms with Crippen LogP contribution < -0.4 is 10.2 Å². The van der Waals surface area contributed by atoms with Crippen LogP contribution in [0.4, 0.5) is 5.69 Å². The topological polar surface area (TPSA) is 69.6 Å². The number of amides is 2. The molecule has 0 aliphatic heterocycles. The molecule has 5 nitrogen and oxygen atoms in total.